The van der Waals surface area contributed by atoms with Crippen molar-refractivity contribution >= 4 is 195 Å². The first kappa shape index (κ1) is 56.8. The number of benzene rings is 15. The van der Waals surface area contributed by atoms with Gasteiger partial charge in [-0.3, -0.25) is 0 Å². The van der Waals surface area contributed by atoms with E-state index in [1.807, 2.05) is 22.7 Å². The Morgan fingerprint density at radius 2 is 0.720 bits per heavy atom. The SMILES string of the molecule is c1ccc(-c2ccccc2N(c2ccccc2)c2cc3c4c(c2)N(c2cccc5c2sc2ccccc25)c2cc5c(cc2B4c2ccccc2O3)B2c3ccccc3N(c3ccccc3)c3cc(N(c4ccccc4)c4ccccc4)cc(c32)N5c2cccc3c2sc2ccccc23)cc1. The molecule has 0 fully saturated rings. The molecule has 10 heteroatoms. The minimum Gasteiger partial charge on any atom is -0.458 e. The molecule has 6 heterocycles. The summed E-state index contributed by atoms with van der Waals surface area (Å²) in [4.78, 5) is 12.7. The molecule has 0 spiro atoms. The molecule has 0 saturated heterocycles. The molecule has 0 radical (unpaired) electrons. The van der Waals surface area contributed by atoms with E-state index in [2.05, 4.69) is 370 Å². The number of ether oxygens (including phenoxy) is 1. The van der Waals surface area contributed by atoms with Crippen molar-refractivity contribution in [1.82, 2.24) is 0 Å². The molecule has 0 atom stereocenters. The van der Waals surface area contributed by atoms with Gasteiger partial charge in [0.2, 0.25) is 0 Å². The van der Waals surface area contributed by atoms with Crippen molar-refractivity contribution in [2.75, 3.05) is 24.5 Å². The zero-order chi connectivity index (χ0) is 65.5. The minimum atomic E-state index is -0.239. The maximum absolute atomic E-state index is 7.53. The third-order valence-electron chi connectivity index (χ3n) is 20.8. The summed E-state index contributed by atoms with van der Waals surface area (Å²) in [6, 6.07) is 128. The monoisotopic (exact) mass is 1310 g/mol. The molecule has 0 unspecified atom stereocenters. The quantitative estimate of drug-likeness (QED) is 0.127. The lowest BCUT2D eigenvalue weighted by Gasteiger charge is -2.47. The van der Waals surface area contributed by atoms with Crippen LogP contribution in [0.3, 0.4) is 0 Å². The van der Waals surface area contributed by atoms with Gasteiger partial charge in [0.05, 0.1) is 37.8 Å². The third-order valence-corrected chi connectivity index (χ3v) is 23.2. The molecule has 100 heavy (non-hydrogen) atoms. The molecule has 0 bridgehead atoms. The van der Waals surface area contributed by atoms with Crippen molar-refractivity contribution in [3.63, 3.8) is 0 Å². The number of anilines is 15. The molecular formula is C90H57B2N5OS2. The summed E-state index contributed by atoms with van der Waals surface area (Å²) >= 11 is 3.75. The van der Waals surface area contributed by atoms with Crippen molar-refractivity contribution in [3.8, 4) is 22.6 Å². The van der Waals surface area contributed by atoms with E-state index in [9.17, 15) is 0 Å². The van der Waals surface area contributed by atoms with Gasteiger partial charge in [-0.05, 0) is 154 Å². The van der Waals surface area contributed by atoms with Crippen LogP contribution in [0.2, 0.25) is 0 Å². The number of nitrogens with zero attached hydrogens (tertiary/aromatic N) is 5. The Kier molecular flexibility index (Phi) is 12.9. The van der Waals surface area contributed by atoms with Gasteiger partial charge in [-0.1, -0.05) is 224 Å². The van der Waals surface area contributed by atoms with Crippen LogP contribution in [0.5, 0.6) is 11.5 Å². The first-order valence-corrected chi connectivity index (χ1v) is 35.8. The summed E-state index contributed by atoms with van der Waals surface area (Å²) < 4.78 is 12.5. The van der Waals surface area contributed by atoms with Gasteiger partial charge in [0.1, 0.15) is 11.5 Å². The van der Waals surface area contributed by atoms with Gasteiger partial charge in [0.25, 0.3) is 13.4 Å². The lowest BCUT2D eigenvalue weighted by Crippen LogP contribution is -2.64. The highest BCUT2D eigenvalue weighted by atomic mass is 32.1. The molecule has 466 valence electrons. The lowest BCUT2D eigenvalue weighted by molar-refractivity contribution is 0.487. The molecule has 0 aliphatic carbocycles. The number of thiophene rings is 2. The van der Waals surface area contributed by atoms with Crippen molar-refractivity contribution < 1.29 is 4.74 Å². The van der Waals surface area contributed by atoms with Gasteiger partial charge >= 0.3 is 0 Å². The summed E-state index contributed by atoms with van der Waals surface area (Å²) in [5.74, 6) is 1.68. The smallest absolute Gasteiger partial charge is 0.256 e. The highest BCUT2D eigenvalue weighted by Crippen LogP contribution is 2.55. The predicted molar refractivity (Wildman–Crippen MR) is 427 cm³/mol. The van der Waals surface area contributed by atoms with Crippen LogP contribution >= 0.6 is 22.7 Å². The molecule has 17 aromatic rings. The van der Waals surface area contributed by atoms with Gasteiger partial charge in [-0.2, -0.15) is 0 Å². The van der Waals surface area contributed by atoms with E-state index in [-0.39, 0.29) is 13.4 Å². The van der Waals surface area contributed by atoms with Gasteiger partial charge in [-0.15, -0.1) is 22.7 Å². The first-order chi connectivity index (χ1) is 49.6. The van der Waals surface area contributed by atoms with E-state index in [0.29, 0.717) is 0 Å². The maximum Gasteiger partial charge on any atom is 0.256 e. The summed E-state index contributed by atoms with van der Waals surface area (Å²) in [5, 5.41) is 4.96. The van der Waals surface area contributed by atoms with Crippen LogP contribution in [-0.2, 0) is 0 Å². The van der Waals surface area contributed by atoms with Crippen LogP contribution in [0.15, 0.2) is 346 Å². The van der Waals surface area contributed by atoms with E-state index in [4.69, 9.17) is 4.74 Å². The van der Waals surface area contributed by atoms with Gasteiger partial charge in [0, 0.05) is 99.4 Å². The summed E-state index contributed by atoms with van der Waals surface area (Å²) in [5.41, 5.74) is 25.7. The van der Waals surface area contributed by atoms with Crippen LogP contribution in [-0.4, -0.2) is 13.4 Å². The zero-order valence-electron chi connectivity index (χ0n) is 54.0. The van der Waals surface area contributed by atoms with Crippen molar-refractivity contribution in [2.24, 2.45) is 0 Å². The van der Waals surface area contributed by atoms with Crippen LogP contribution < -0.4 is 62.0 Å². The maximum atomic E-state index is 7.53. The second-order valence-electron chi connectivity index (χ2n) is 26.2. The van der Waals surface area contributed by atoms with Crippen LogP contribution in [0.25, 0.3) is 51.5 Å². The molecule has 21 rings (SSSR count). The predicted octanol–water partition coefficient (Wildman–Crippen LogP) is 21.5. The number of fused-ring (bicyclic) bond motifs is 14. The standard InChI is InChI=1S/C90H57B2N5OS2/c1-6-28-58(29-7-1)65-38-16-21-45-74(65)94(61-34-12-4-13-35-61)64-54-82-88-84(55-64)98-83-49-23-20-44-71(83)92(88)73-56-72-78(57-79(73)97(82)77-48-27-42-69-67-40-18-25-51-86(67)100-90(69)77)96(76-47-26-41-68-66-39-17-24-50-85(66)99-89(68)76)81-53-63(93(59-30-8-2-9-31-59)60-32-10-3-11-33-60)52-80-87(81)91(72)70-43-19-22-46-75(70)95(80)62-36-14-5-15-37-62/h1-57H. The van der Waals surface area contributed by atoms with Gasteiger partial charge in [-0.25, -0.2) is 0 Å². The average Bonchev–Trinajstić information content (AvgIpc) is 0.758. The van der Waals surface area contributed by atoms with Crippen molar-refractivity contribution in [2.45, 2.75) is 0 Å². The number of para-hydroxylation sites is 7. The van der Waals surface area contributed by atoms with Crippen LogP contribution in [0, 0.1) is 0 Å². The molecule has 0 amide bonds. The number of hydrogen-bond acceptors (Lipinski definition) is 8. The normalized spacial score (nSPS) is 13.0. The second kappa shape index (κ2) is 22.6. The minimum absolute atomic E-state index is 0.211. The molecular weight excluding hydrogens is 1250 g/mol. The Morgan fingerprint density at radius 1 is 0.270 bits per heavy atom. The van der Waals surface area contributed by atoms with E-state index in [1.165, 1.54) is 62.2 Å². The topological polar surface area (TPSA) is 25.4 Å². The molecule has 0 N–H and O–H groups in total. The van der Waals surface area contributed by atoms with E-state index in [0.717, 1.165) is 119 Å². The molecule has 4 aliphatic heterocycles. The Labute approximate surface area is 588 Å². The summed E-state index contributed by atoms with van der Waals surface area (Å²) in [6.45, 7) is -0.450. The summed E-state index contributed by atoms with van der Waals surface area (Å²) in [7, 11) is 0. The fourth-order valence-corrected chi connectivity index (χ4v) is 19.1. The Hall–Kier alpha value is -12.3. The average molecular weight is 1310 g/mol. The fraction of sp³-hybridized carbons (Fsp3) is 0. The molecule has 15 aromatic carbocycles. The fourth-order valence-electron chi connectivity index (χ4n) is 16.7. The van der Waals surface area contributed by atoms with Gasteiger partial charge < -0.3 is 29.2 Å². The Bertz CT molecular complexity index is 6110. The van der Waals surface area contributed by atoms with E-state index in [1.54, 1.807) is 0 Å². The molecule has 0 saturated carbocycles. The van der Waals surface area contributed by atoms with E-state index >= 15 is 0 Å². The molecule has 2 aromatic heterocycles. The lowest BCUT2D eigenvalue weighted by atomic mass is 9.30. The summed E-state index contributed by atoms with van der Waals surface area (Å²) in [6.07, 6.45) is 0. The van der Waals surface area contributed by atoms with Crippen LogP contribution in [0.1, 0.15) is 0 Å². The largest absolute Gasteiger partial charge is 0.458 e. The molecule has 6 nitrogen and oxygen atoms in total. The number of rotatable bonds is 10. The van der Waals surface area contributed by atoms with Gasteiger partial charge in [0.15, 0.2) is 0 Å². The molecule has 4 aliphatic rings. The Morgan fingerprint density at radius 3 is 1.34 bits per heavy atom. The zero-order valence-corrected chi connectivity index (χ0v) is 55.7. The Balaban J connectivity index is 0.909. The highest BCUT2D eigenvalue weighted by Gasteiger charge is 2.49. The van der Waals surface area contributed by atoms with Crippen LogP contribution in [0.4, 0.5) is 85.3 Å². The van der Waals surface area contributed by atoms with E-state index < -0.39 is 0 Å². The van der Waals surface area contributed by atoms with Crippen molar-refractivity contribution in [3.05, 3.63) is 346 Å². The second-order valence-corrected chi connectivity index (χ2v) is 28.3. The van der Waals surface area contributed by atoms with Crippen molar-refractivity contribution in [1.29, 1.82) is 0 Å². The third kappa shape index (κ3) is 8.64. The number of hydrogen-bond donors (Lipinski definition) is 0. The highest BCUT2D eigenvalue weighted by molar-refractivity contribution is 7.27. The first-order valence-electron chi connectivity index (χ1n) is 34.2.